The van der Waals surface area contributed by atoms with Gasteiger partial charge in [0.2, 0.25) is 0 Å². The third-order valence-corrected chi connectivity index (χ3v) is 4.57. The minimum absolute atomic E-state index is 0. The van der Waals surface area contributed by atoms with E-state index in [0.717, 1.165) is 37.4 Å². The number of para-hydroxylation sites is 1. The van der Waals surface area contributed by atoms with Gasteiger partial charge in [0.15, 0.2) is 0 Å². The van der Waals surface area contributed by atoms with Gasteiger partial charge in [-0.2, -0.15) is 0 Å². The number of halogens is 2. The third kappa shape index (κ3) is 7.80. The highest BCUT2D eigenvalue weighted by Crippen LogP contribution is 2.17. The lowest BCUT2D eigenvalue weighted by Crippen LogP contribution is -2.29. The van der Waals surface area contributed by atoms with Crippen LogP contribution in [0.5, 0.6) is 0 Å². The van der Waals surface area contributed by atoms with Crippen molar-refractivity contribution in [3.05, 3.63) is 65.2 Å². The zero-order valence-electron chi connectivity index (χ0n) is 17.2. The zero-order chi connectivity index (χ0) is 18.9. The third-order valence-electron chi connectivity index (χ3n) is 4.57. The molecule has 0 atom stereocenters. The number of rotatable bonds is 9. The van der Waals surface area contributed by atoms with Gasteiger partial charge in [0.05, 0.1) is 0 Å². The molecule has 0 saturated carbocycles. The molecule has 0 unspecified atom stereocenters. The Hall–Kier alpha value is -1.59. The summed E-state index contributed by atoms with van der Waals surface area (Å²) in [7, 11) is 0. The first-order chi connectivity index (χ1) is 12.5. The van der Waals surface area contributed by atoms with E-state index in [0.29, 0.717) is 11.6 Å². The molecule has 156 valence electrons. The van der Waals surface area contributed by atoms with Gasteiger partial charge in [-0.25, -0.2) is 0 Å². The summed E-state index contributed by atoms with van der Waals surface area (Å²) in [6, 6.07) is 16.3. The molecule has 28 heavy (non-hydrogen) atoms. The summed E-state index contributed by atoms with van der Waals surface area (Å²) in [6.45, 7) is 12.2. The van der Waals surface area contributed by atoms with Crippen molar-refractivity contribution in [3.8, 4) is 0 Å². The Balaban J connectivity index is 0.00000364. The van der Waals surface area contributed by atoms with Gasteiger partial charge in [-0.05, 0) is 56.3 Å². The Labute approximate surface area is 181 Å². The maximum atomic E-state index is 12.6. The number of carbonyl (C=O) groups excluding carboxylic acids is 1. The molecule has 0 saturated heterocycles. The second-order valence-electron chi connectivity index (χ2n) is 6.75. The Morgan fingerprint density at radius 1 is 1.00 bits per heavy atom. The fraction of sp³-hybridized carbons (Fsp3) is 0.409. The number of hydrogen-bond acceptors (Lipinski definition) is 3. The summed E-state index contributed by atoms with van der Waals surface area (Å²) >= 11 is 0. The number of hydrogen-bond donors (Lipinski definition) is 2. The normalized spacial score (nSPS) is 10.4. The summed E-state index contributed by atoms with van der Waals surface area (Å²) < 4.78 is 0. The van der Waals surface area contributed by atoms with Crippen LogP contribution in [0.15, 0.2) is 48.5 Å². The van der Waals surface area contributed by atoms with Crippen LogP contribution in [0.4, 0.5) is 5.69 Å². The first-order valence-electron chi connectivity index (χ1n) is 9.48. The van der Waals surface area contributed by atoms with Gasteiger partial charge < -0.3 is 10.6 Å². The molecule has 2 aromatic rings. The second kappa shape index (κ2) is 13.6. The Kier molecular flexibility index (Phi) is 12.8. The molecule has 0 aliphatic heterocycles. The molecule has 2 N–H and O–H groups in total. The molecule has 1 amide bonds. The van der Waals surface area contributed by atoms with Crippen LogP contribution in [-0.4, -0.2) is 29.9 Å². The van der Waals surface area contributed by atoms with Gasteiger partial charge in [-0.1, -0.05) is 44.2 Å². The SMILES string of the molecule is CCNCc1ccccc1NC(=O)c1ccc(CN(CC)C(C)C)cc1.Cl.Cl. The molecule has 2 aromatic carbocycles. The molecular weight excluding hydrogens is 393 g/mol. The highest BCUT2D eigenvalue weighted by molar-refractivity contribution is 6.04. The second-order valence-corrected chi connectivity index (χ2v) is 6.75. The maximum absolute atomic E-state index is 12.6. The smallest absolute Gasteiger partial charge is 0.255 e. The van der Waals surface area contributed by atoms with E-state index in [1.165, 1.54) is 5.56 Å². The predicted octanol–water partition coefficient (Wildman–Crippen LogP) is 5.12. The van der Waals surface area contributed by atoms with Gasteiger partial charge in [0.25, 0.3) is 5.91 Å². The lowest BCUT2D eigenvalue weighted by Gasteiger charge is -2.24. The first kappa shape index (κ1) is 26.4. The van der Waals surface area contributed by atoms with Crippen molar-refractivity contribution in [2.75, 3.05) is 18.4 Å². The van der Waals surface area contributed by atoms with Crippen LogP contribution in [0.3, 0.4) is 0 Å². The monoisotopic (exact) mass is 425 g/mol. The number of benzene rings is 2. The van der Waals surface area contributed by atoms with E-state index in [1.54, 1.807) is 0 Å². The van der Waals surface area contributed by atoms with Crippen molar-refractivity contribution in [1.29, 1.82) is 0 Å². The van der Waals surface area contributed by atoms with Crippen LogP contribution < -0.4 is 10.6 Å². The minimum Gasteiger partial charge on any atom is -0.322 e. The van der Waals surface area contributed by atoms with E-state index in [2.05, 4.69) is 43.2 Å². The molecule has 0 heterocycles. The van der Waals surface area contributed by atoms with E-state index < -0.39 is 0 Å². The fourth-order valence-electron chi connectivity index (χ4n) is 2.91. The lowest BCUT2D eigenvalue weighted by molar-refractivity contribution is 0.102. The van der Waals surface area contributed by atoms with Gasteiger partial charge in [-0.3, -0.25) is 9.69 Å². The van der Waals surface area contributed by atoms with Crippen LogP contribution in [-0.2, 0) is 13.1 Å². The summed E-state index contributed by atoms with van der Waals surface area (Å²) in [5.74, 6) is -0.0725. The molecule has 0 spiro atoms. The molecule has 0 aliphatic rings. The van der Waals surface area contributed by atoms with E-state index >= 15 is 0 Å². The van der Waals surface area contributed by atoms with Gasteiger partial charge in [0, 0.05) is 30.4 Å². The standard InChI is InChI=1S/C22H31N3O.2ClH/c1-5-23-15-20-9-7-8-10-21(20)24-22(26)19-13-11-18(12-14-19)16-25(6-2)17(3)4;;/h7-14,17,23H,5-6,15-16H2,1-4H3,(H,24,26);2*1H. The minimum atomic E-state index is -0.0725. The van der Waals surface area contributed by atoms with Crippen LogP contribution in [0.2, 0.25) is 0 Å². The lowest BCUT2D eigenvalue weighted by atomic mass is 10.1. The topological polar surface area (TPSA) is 44.4 Å². The average molecular weight is 426 g/mol. The number of nitrogens with zero attached hydrogens (tertiary/aromatic N) is 1. The van der Waals surface area contributed by atoms with Crippen LogP contribution >= 0.6 is 24.8 Å². The largest absolute Gasteiger partial charge is 0.322 e. The Morgan fingerprint density at radius 2 is 1.64 bits per heavy atom. The molecule has 0 bridgehead atoms. The van der Waals surface area contributed by atoms with E-state index in [9.17, 15) is 4.79 Å². The molecule has 0 fully saturated rings. The van der Waals surface area contributed by atoms with Crippen molar-refractivity contribution in [2.24, 2.45) is 0 Å². The highest BCUT2D eigenvalue weighted by atomic mass is 35.5. The van der Waals surface area contributed by atoms with Crippen molar-refractivity contribution in [2.45, 2.75) is 46.8 Å². The summed E-state index contributed by atoms with van der Waals surface area (Å²) in [4.78, 5) is 15.0. The molecule has 4 nitrogen and oxygen atoms in total. The number of nitrogens with one attached hydrogen (secondary N) is 2. The van der Waals surface area contributed by atoms with Crippen molar-refractivity contribution in [1.82, 2.24) is 10.2 Å². The Morgan fingerprint density at radius 3 is 2.21 bits per heavy atom. The van der Waals surface area contributed by atoms with Crippen LogP contribution in [0.25, 0.3) is 0 Å². The number of amides is 1. The quantitative estimate of drug-likeness (QED) is 0.585. The molecule has 2 rings (SSSR count). The van der Waals surface area contributed by atoms with E-state index in [1.807, 2.05) is 48.5 Å². The summed E-state index contributed by atoms with van der Waals surface area (Å²) in [6.07, 6.45) is 0. The zero-order valence-corrected chi connectivity index (χ0v) is 18.8. The van der Waals surface area contributed by atoms with Gasteiger partial charge in [-0.15, -0.1) is 24.8 Å². The van der Waals surface area contributed by atoms with Gasteiger partial charge >= 0.3 is 0 Å². The summed E-state index contributed by atoms with van der Waals surface area (Å²) in [5.41, 5.74) is 3.86. The summed E-state index contributed by atoms with van der Waals surface area (Å²) in [5, 5.41) is 6.34. The molecular formula is C22H33Cl2N3O. The molecule has 0 aromatic heterocycles. The first-order valence-corrected chi connectivity index (χ1v) is 9.48. The van der Waals surface area contributed by atoms with E-state index in [4.69, 9.17) is 0 Å². The number of carbonyl (C=O) groups is 1. The van der Waals surface area contributed by atoms with Gasteiger partial charge in [0.1, 0.15) is 0 Å². The van der Waals surface area contributed by atoms with Crippen LogP contribution in [0, 0.1) is 0 Å². The molecule has 6 heteroatoms. The average Bonchev–Trinajstić information content (AvgIpc) is 2.65. The number of anilines is 1. The van der Waals surface area contributed by atoms with Crippen molar-refractivity contribution < 1.29 is 4.79 Å². The van der Waals surface area contributed by atoms with Crippen molar-refractivity contribution in [3.63, 3.8) is 0 Å². The molecule has 0 radical (unpaired) electrons. The van der Waals surface area contributed by atoms with Crippen LogP contribution in [0.1, 0.15) is 49.2 Å². The highest BCUT2D eigenvalue weighted by Gasteiger charge is 2.11. The Bertz CT molecular complexity index is 705. The van der Waals surface area contributed by atoms with E-state index in [-0.39, 0.29) is 30.7 Å². The predicted molar refractivity (Wildman–Crippen MR) is 124 cm³/mol. The van der Waals surface area contributed by atoms with Crippen molar-refractivity contribution >= 4 is 36.4 Å². The fourth-order valence-corrected chi connectivity index (χ4v) is 2.91. The molecule has 0 aliphatic carbocycles. The maximum Gasteiger partial charge on any atom is 0.255 e.